The first-order chi connectivity index (χ1) is 8.54. The SMILES string of the molecule is Cc1cc(Br)nc(Nc2cc(C(C)C)ccn2)c1. The lowest BCUT2D eigenvalue weighted by Gasteiger charge is -2.09. The number of halogens is 1. The van der Waals surface area contributed by atoms with Crippen molar-refractivity contribution in [3.8, 4) is 0 Å². The molecule has 0 radical (unpaired) electrons. The molecule has 2 heterocycles. The third-order valence-electron chi connectivity index (χ3n) is 2.65. The molecule has 94 valence electrons. The van der Waals surface area contributed by atoms with Gasteiger partial charge in [0.05, 0.1) is 0 Å². The molecular formula is C14H16BrN3. The first-order valence-electron chi connectivity index (χ1n) is 5.92. The van der Waals surface area contributed by atoms with Crippen molar-refractivity contribution < 1.29 is 0 Å². The van der Waals surface area contributed by atoms with Crippen LogP contribution < -0.4 is 5.32 Å². The van der Waals surface area contributed by atoms with E-state index < -0.39 is 0 Å². The Bertz CT molecular complexity index is 532. The predicted molar refractivity (Wildman–Crippen MR) is 78.3 cm³/mol. The number of pyridine rings is 2. The van der Waals surface area contributed by atoms with Gasteiger partial charge in [-0.2, -0.15) is 0 Å². The lowest BCUT2D eigenvalue weighted by Crippen LogP contribution is -1.98. The normalized spacial score (nSPS) is 10.7. The van der Waals surface area contributed by atoms with E-state index in [1.165, 1.54) is 5.56 Å². The quantitative estimate of drug-likeness (QED) is 0.853. The minimum atomic E-state index is 0.491. The highest BCUT2D eigenvalue weighted by atomic mass is 79.9. The molecule has 0 aliphatic heterocycles. The molecule has 0 saturated carbocycles. The Labute approximate surface area is 116 Å². The second-order valence-electron chi connectivity index (χ2n) is 4.61. The number of hydrogen-bond donors (Lipinski definition) is 1. The fourth-order valence-corrected chi connectivity index (χ4v) is 2.25. The van der Waals surface area contributed by atoms with Crippen LogP contribution in [0.15, 0.2) is 35.1 Å². The molecule has 0 aliphatic rings. The van der Waals surface area contributed by atoms with Crippen LogP contribution in [-0.2, 0) is 0 Å². The number of aryl methyl sites for hydroxylation is 1. The molecule has 2 aromatic rings. The summed E-state index contributed by atoms with van der Waals surface area (Å²) in [4.78, 5) is 8.68. The Morgan fingerprint density at radius 3 is 2.61 bits per heavy atom. The van der Waals surface area contributed by atoms with E-state index in [0.29, 0.717) is 5.92 Å². The third-order valence-corrected chi connectivity index (χ3v) is 3.05. The number of hydrogen-bond acceptors (Lipinski definition) is 3. The van der Waals surface area contributed by atoms with E-state index in [1.807, 2.05) is 31.3 Å². The maximum atomic E-state index is 4.37. The van der Waals surface area contributed by atoms with Gasteiger partial charge in [0.1, 0.15) is 16.2 Å². The number of rotatable bonds is 3. The van der Waals surface area contributed by atoms with E-state index in [1.54, 1.807) is 0 Å². The molecule has 1 N–H and O–H groups in total. The van der Waals surface area contributed by atoms with Crippen LogP contribution in [0.3, 0.4) is 0 Å². The van der Waals surface area contributed by atoms with Crippen LogP contribution in [-0.4, -0.2) is 9.97 Å². The topological polar surface area (TPSA) is 37.8 Å². The summed E-state index contributed by atoms with van der Waals surface area (Å²) in [5.41, 5.74) is 2.42. The molecule has 0 fully saturated rings. The van der Waals surface area contributed by atoms with Crippen LogP contribution in [0.1, 0.15) is 30.9 Å². The molecule has 0 aliphatic carbocycles. The molecule has 0 saturated heterocycles. The molecule has 0 amide bonds. The standard InChI is InChI=1S/C14H16BrN3/c1-9(2)11-4-5-16-13(8-11)18-14-7-10(3)6-12(15)17-14/h4-9H,1-3H3,(H,16,17,18). The van der Waals surface area contributed by atoms with E-state index in [9.17, 15) is 0 Å². The van der Waals surface area contributed by atoms with Gasteiger partial charge in [-0.25, -0.2) is 9.97 Å². The highest BCUT2D eigenvalue weighted by molar-refractivity contribution is 9.10. The minimum Gasteiger partial charge on any atom is -0.325 e. The molecule has 0 aromatic carbocycles. The van der Waals surface area contributed by atoms with Gasteiger partial charge in [0.2, 0.25) is 0 Å². The van der Waals surface area contributed by atoms with E-state index >= 15 is 0 Å². The summed E-state index contributed by atoms with van der Waals surface area (Å²) < 4.78 is 0.824. The molecule has 0 unspecified atom stereocenters. The van der Waals surface area contributed by atoms with Crippen molar-refractivity contribution in [2.45, 2.75) is 26.7 Å². The minimum absolute atomic E-state index is 0.491. The maximum Gasteiger partial charge on any atom is 0.133 e. The Morgan fingerprint density at radius 2 is 1.94 bits per heavy atom. The molecule has 0 bridgehead atoms. The van der Waals surface area contributed by atoms with E-state index in [0.717, 1.165) is 21.8 Å². The molecule has 0 atom stereocenters. The van der Waals surface area contributed by atoms with E-state index in [-0.39, 0.29) is 0 Å². The highest BCUT2D eigenvalue weighted by Crippen LogP contribution is 2.20. The highest BCUT2D eigenvalue weighted by Gasteiger charge is 2.03. The zero-order valence-corrected chi connectivity index (χ0v) is 12.3. The van der Waals surface area contributed by atoms with Crippen molar-refractivity contribution >= 4 is 27.6 Å². The van der Waals surface area contributed by atoms with E-state index in [2.05, 4.69) is 51.1 Å². The second kappa shape index (κ2) is 5.48. The lowest BCUT2D eigenvalue weighted by atomic mass is 10.1. The lowest BCUT2D eigenvalue weighted by molar-refractivity contribution is 0.863. The van der Waals surface area contributed by atoms with Gasteiger partial charge in [-0.3, -0.25) is 0 Å². The van der Waals surface area contributed by atoms with Crippen molar-refractivity contribution in [1.82, 2.24) is 9.97 Å². The summed E-state index contributed by atoms with van der Waals surface area (Å²) in [5.74, 6) is 2.12. The van der Waals surface area contributed by atoms with Gasteiger partial charge in [0.15, 0.2) is 0 Å². The van der Waals surface area contributed by atoms with Gasteiger partial charge in [0, 0.05) is 6.20 Å². The first-order valence-corrected chi connectivity index (χ1v) is 6.71. The number of nitrogens with zero attached hydrogens (tertiary/aromatic N) is 2. The summed E-state index contributed by atoms with van der Waals surface area (Å²) in [5, 5.41) is 3.23. The number of aromatic nitrogens is 2. The van der Waals surface area contributed by atoms with Crippen molar-refractivity contribution in [2.75, 3.05) is 5.32 Å². The van der Waals surface area contributed by atoms with E-state index in [4.69, 9.17) is 0 Å². The van der Waals surface area contributed by atoms with Gasteiger partial charge in [-0.1, -0.05) is 13.8 Å². The van der Waals surface area contributed by atoms with Gasteiger partial charge in [-0.05, 0) is 64.2 Å². The van der Waals surface area contributed by atoms with Gasteiger partial charge in [0.25, 0.3) is 0 Å². The van der Waals surface area contributed by atoms with Gasteiger partial charge in [-0.15, -0.1) is 0 Å². The third kappa shape index (κ3) is 3.29. The van der Waals surface area contributed by atoms with Crippen LogP contribution in [0.5, 0.6) is 0 Å². The summed E-state index contributed by atoms with van der Waals surface area (Å²) in [7, 11) is 0. The summed E-state index contributed by atoms with van der Waals surface area (Å²) in [6.07, 6.45) is 1.82. The first kappa shape index (κ1) is 13.0. The van der Waals surface area contributed by atoms with Crippen LogP contribution >= 0.6 is 15.9 Å². The van der Waals surface area contributed by atoms with Gasteiger partial charge < -0.3 is 5.32 Å². The largest absolute Gasteiger partial charge is 0.325 e. The second-order valence-corrected chi connectivity index (χ2v) is 5.42. The molecule has 2 rings (SSSR count). The average Bonchev–Trinajstić information content (AvgIpc) is 2.27. The van der Waals surface area contributed by atoms with Crippen LogP contribution in [0.2, 0.25) is 0 Å². The molecule has 0 spiro atoms. The summed E-state index contributed by atoms with van der Waals surface area (Å²) >= 11 is 3.39. The molecule has 3 nitrogen and oxygen atoms in total. The van der Waals surface area contributed by atoms with Crippen LogP contribution in [0.25, 0.3) is 0 Å². The zero-order valence-electron chi connectivity index (χ0n) is 10.7. The Balaban J connectivity index is 2.25. The molecular weight excluding hydrogens is 290 g/mol. The van der Waals surface area contributed by atoms with Crippen LogP contribution in [0, 0.1) is 6.92 Å². The monoisotopic (exact) mass is 305 g/mol. The number of nitrogens with one attached hydrogen (secondary N) is 1. The Morgan fingerprint density at radius 1 is 1.17 bits per heavy atom. The van der Waals surface area contributed by atoms with Crippen molar-refractivity contribution in [3.63, 3.8) is 0 Å². The molecule has 18 heavy (non-hydrogen) atoms. The predicted octanol–water partition coefficient (Wildman–Crippen LogP) is 4.41. The average molecular weight is 306 g/mol. The molecule has 2 aromatic heterocycles. The van der Waals surface area contributed by atoms with Crippen LogP contribution in [0.4, 0.5) is 11.6 Å². The fourth-order valence-electron chi connectivity index (χ4n) is 1.69. The fraction of sp³-hybridized carbons (Fsp3) is 0.286. The van der Waals surface area contributed by atoms with Crippen molar-refractivity contribution in [1.29, 1.82) is 0 Å². The molecule has 4 heteroatoms. The smallest absolute Gasteiger partial charge is 0.133 e. The zero-order chi connectivity index (χ0) is 13.1. The Hall–Kier alpha value is -1.42. The number of anilines is 2. The van der Waals surface area contributed by atoms with Crippen molar-refractivity contribution in [2.24, 2.45) is 0 Å². The van der Waals surface area contributed by atoms with Crippen molar-refractivity contribution in [3.05, 3.63) is 46.2 Å². The summed E-state index contributed by atoms with van der Waals surface area (Å²) in [6, 6.07) is 8.07. The maximum absolute atomic E-state index is 4.37. The Kier molecular flexibility index (Phi) is 3.97. The summed E-state index contributed by atoms with van der Waals surface area (Å²) in [6.45, 7) is 6.37. The van der Waals surface area contributed by atoms with Gasteiger partial charge >= 0.3 is 0 Å².